The molecule has 1 amide bonds. The van der Waals surface area contributed by atoms with Gasteiger partial charge >= 0.3 is 5.97 Å². The normalized spacial score (nSPS) is 11.7. The highest BCUT2D eigenvalue weighted by Gasteiger charge is 2.17. The smallest absolute Gasteiger partial charge is 0.326 e. The van der Waals surface area contributed by atoms with Crippen molar-refractivity contribution in [3.8, 4) is 5.75 Å². The predicted octanol–water partition coefficient (Wildman–Crippen LogP) is 1.81. The van der Waals surface area contributed by atoms with Crippen LogP contribution in [0, 0.1) is 0 Å². The van der Waals surface area contributed by atoms with E-state index in [1.807, 2.05) is 12.1 Å². The van der Waals surface area contributed by atoms with E-state index in [0.29, 0.717) is 5.75 Å². The summed E-state index contributed by atoms with van der Waals surface area (Å²) in [6, 6.07) is 6.30. The van der Waals surface area contributed by atoms with Crippen LogP contribution in [0.5, 0.6) is 5.75 Å². The first-order chi connectivity index (χ1) is 8.49. The molecule has 0 heterocycles. The molecule has 18 heavy (non-hydrogen) atoms. The van der Waals surface area contributed by atoms with Crippen molar-refractivity contribution in [2.24, 2.45) is 0 Å². The molecule has 0 saturated carbocycles. The maximum atomic E-state index is 10.8. The van der Waals surface area contributed by atoms with Crippen LogP contribution in [0.1, 0.15) is 13.3 Å². The van der Waals surface area contributed by atoms with Crippen LogP contribution < -0.4 is 10.1 Å². The van der Waals surface area contributed by atoms with E-state index in [9.17, 15) is 9.59 Å². The Morgan fingerprint density at radius 1 is 1.39 bits per heavy atom. The molecule has 5 nitrogen and oxygen atoms in total. The fourth-order valence-corrected chi connectivity index (χ4v) is 1.59. The van der Waals surface area contributed by atoms with Crippen molar-refractivity contribution in [3.05, 3.63) is 28.7 Å². The minimum atomic E-state index is -1.07. The van der Waals surface area contributed by atoms with Crippen LogP contribution in [-0.2, 0) is 9.59 Å². The van der Waals surface area contributed by atoms with Crippen molar-refractivity contribution in [1.82, 2.24) is 5.32 Å². The van der Waals surface area contributed by atoms with Crippen molar-refractivity contribution in [2.75, 3.05) is 6.61 Å². The molecule has 0 aliphatic heterocycles. The van der Waals surface area contributed by atoms with Crippen LogP contribution in [0.25, 0.3) is 0 Å². The number of aliphatic carboxylic acids is 1. The van der Waals surface area contributed by atoms with Gasteiger partial charge in [0.1, 0.15) is 11.8 Å². The molecule has 0 bridgehead atoms. The third-order valence-corrected chi connectivity index (χ3v) is 2.69. The highest BCUT2D eigenvalue weighted by Crippen LogP contribution is 2.16. The Labute approximate surface area is 113 Å². The molecule has 1 rings (SSSR count). The van der Waals surface area contributed by atoms with Crippen LogP contribution in [0.3, 0.4) is 0 Å². The molecule has 1 atom stereocenters. The SMILES string of the molecule is CC(=O)NC(CCOc1ccc(Br)cc1)C(=O)O. The van der Waals surface area contributed by atoms with Crippen molar-refractivity contribution >= 4 is 27.8 Å². The average molecular weight is 316 g/mol. The Bertz CT molecular complexity index is 419. The number of halogens is 1. The molecule has 0 spiro atoms. The number of hydrogen-bond acceptors (Lipinski definition) is 3. The zero-order chi connectivity index (χ0) is 13.5. The summed E-state index contributed by atoms with van der Waals surface area (Å²) in [7, 11) is 0. The van der Waals surface area contributed by atoms with Crippen molar-refractivity contribution < 1.29 is 19.4 Å². The van der Waals surface area contributed by atoms with Gasteiger partial charge in [0.25, 0.3) is 0 Å². The second kappa shape index (κ2) is 7.00. The highest BCUT2D eigenvalue weighted by atomic mass is 79.9. The van der Waals surface area contributed by atoms with E-state index in [4.69, 9.17) is 9.84 Å². The third-order valence-electron chi connectivity index (χ3n) is 2.16. The second-order valence-corrected chi connectivity index (χ2v) is 4.60. The van der Waals surface area contributed by atoms with E-state index in [1.165, 1.54) is 6.92 Å². The summed E-state index contributed by atoms with van der Waals surface area (Å²) in [5.41, 5.74) is 0. The monoisotopic (exact) mass is 315 g/mol. The number of carbonyl (C=O) groups excluding carboxylic acids is 1. The number of nitrogens with one attached hydrogen (secondary N) is 1. The molecular weight excluding hydrogens is 302 g/mol. The summed E-state index contributed by atoms with van der Waals surface area (Å²) >= 11 is 3.30. The summed E-state index contributed by atoms with van der Waals surface area (Å²) in [6.45, 7) is 1.50. The van der Waals surface area contributed by atoms with E-state index >= 15 is 0 Å². The Balaban J connectivity index is 2.41. The first kappa shape index (κ1) is 14.5. The topological polar surface area (TPSA) is 75.6 Å². The number of benzene rings is 1. The molecule has 0 aromatic heterocycles. The van der Waals surface area contributed by atoms with Gasteiger partial charge in [-0.3, -0.25) is 4.79 Å². The largest absolute Gasteiger partial charge is 0.494 e. The third kappa shape index (κ3) is 5.18. The number of ether oxygens (including phenoxy) is 1. The van der Waals surface area contributed by atoms with Gasteiger partial charge in [-0.15, -0.1) is 0 Å². The van der Waals surface area contributed by atoms with Gasteiger partial charge in [0.2, 0.25) is 5.91 Å². The molecule has 6 heteroatoms. The molecule has 1 unspecified atom stereocenters. The maximum absolute atomic E-state index is 10.8. The molecule has 1 aromatic carbocycles. The lowest BCUT2D eigenvalue weighted by Crippen LogP contribution is -2.40. The van der Waals surface area contributed by atoms with Gasteiger partial charge in [-0.2, -0.15) is 0 Å². The van der Waals surface area contributed by atoms with Crippen molar-refractivity contribution in [2.45, 2.75) is 19.4 Å². The molecular formula is C12H14BrNO4. The molecule has 0 radical (unpaired) electrons. The number of carboxylic acids is 1. The zero-order valence-corrected chi connectivity index (χ0v) is 11.4. The average Bonchev–Trinajstić information content (AvgIpc) is 2.29. The van der Waals surface area contributed by atoms with Crippen LogP contribution in [0.4, 0.5) is 0 Å². The summed E-state index contributed by atoms with van der Waals surface area (Å²) in [5, 5.41) is 11.2. The molecule has 0 aliphatic rings. The molecule has 0 aliphatic carbocycles. The first-order valence-corrected chi connectivity index (χ1v) is 6.16. The number of carboxylic acid groups (broad SMARTS) is 1. The second-order valence-electron chi connectivity index (χ2n) is 3.68. The maximum Gasteiger partial charge on any atom is 0.326 e. The zero-order valence-electron chi connectivity index (χ0n) is 9.85. The summed E-state index contributed by atoms with van der Waals surface area (Å²) in [4.78, 5) is 21.7. The van der Waals surface area contributed by atoms with Gasteiger partial charge in [-0.1, -0.05) is 15.9 Å². The molecule has 0 saturated heterocycles. The van der Waals surface area contributed by atoms with Crippen molar-refractivity contribution in [1.29, 1.82) is 0 Å². The lowest BCUT2D eigenvalue weighted by molar-refractivity contribution is -0.141. The Hall–Kier alpha value is -1.56. The number of hydrogen-bond donors (Lipinski definition) is 2. The fraction of sp³-hybridized carbons (Fsp3) is 0.333. The lowest BCUT2D eigenvalue weighted by Gasteiger charge is -2.13. The summed E-state index contributed by atoms with van der Waals surface area (Å²) < 4.78 is 6.33. The molecule has 1 aromatic rings. The van der Waals surface area contributed by atoms with E-state index < -0.39 is 12.0 Å². The van der Waals surface area contributed by atoms with Crippen LogP contribution in [0.2, 0.25) is 0 Å². The minimum absolute atomic E-state index is 0.213. The standard InChI is InChI=1S/C12H14BrNO4/c1-8(15)14-11(12(16)17)6-7-18-10-4-2-9(13)3-5-10/h2-5,11H,6-7H2,1H3,(H,14,15)(H,16,17). The van der Waals surface area contributed by atoms with E-state index in [2.05, 4.69) is 21.2 Å². The Morgan fingerprint density at radius 3 is 2.50 bits per heavy atom. The van der Waals surface area contributed by atoms with E-state index in [0.717, 1.165) is 4.47 Å². The summed E-state index contributed by atoms with van der Waals surface area (Å²) in [6.07, 6.45) is 0.213. The predicted molar refractivity (Wildman–Crippen MR) is 69.5 cm³/mol. The molecule has 98 valence electrons. The molecule has 2 N–H and O–H groups in total. The molecule has 0 fully saturated rings. The number of amides is 1. The fourth-order valence-electron chi connectivity index (χ4n) is 1.33. The van der Waals surface area contributed by atoms with E-state index in [1.54, 1.807) is 12.1 Å². The van der Waals surface area contributed by atoms with Crippen molar-refractivity contribution in [3.63, 3.8) is 0 Å². The van der Waals surface area contributed by atoms with E-state index in [-0.39, 0.29) is 18.9 Å². The van der Waals surface area contributed by atoms with Crippen LogP contribution in [-0.4, -0.2) is 29.6 Å². The first-order valence-electron chi connectivity index (χ1n) is 5.37. The highest BCUT2D eigenvalue weighted by molar-refractivity contribution is 9.10. The number of carbonyl (C=O) groups is 2. The van der Waals surface area contributed by atoms with Gasteiger partial charge in [-0.05, 0) is 24.3 Å². The van der Waals surface area contributed by atoms with Crippen LogP contribution >= 0.6 is 15.9 Å². The Kier molecular flexibility index (Phi) is 5.64. The lowest BCUT2D eigenvalue weighted by atomic mass is 10.2. The Morgan fingerprint density at radius 2 is 2.00 bits per heavy atom. The number of rotatable bonds is 6. The van der Waals surface area contributed by atoms with Gasteiger partial charge in [0.15, 0.2) is 0 Å². The van der Waals surface area contributed by atoms with Crippen LogP contribution in [0.15, 0.2) is 28.7 Å². The summed E-state index contributed by atoms with van der Waals surface area (Å²) in [5.74, 6) is -0.777. The van der Waals surface area contributed by atoms with Gasteiger partial charge < -0.3 is 15.2 Å². The minimum Gasteiger partial charge on any atom is -0.494 e. The quantitative estimate of drug-likeness (QED) is 0.839. The van der Waals surface area contributed by atoms with Gasteiger partial charge in [-0.25, -0.2) is 4.79 Å². The van der Waals surface area contributed by atoms with Gasteiger partial charge in [0, 0.05) is 17.8 Å². The van der Waals surface area contributed by atoms with Gasteiger partial charge in [0.05, 0.1) is 6.61 Å².